The molecule has 0 aliphatic rings. The average Bonchev–Trinajstić information content (AvgIpc) is 2.37. The van der Waals surface area contributed by atoms with Crippen LogP contribution in [0.1, 0.15) is 16.8 Å². The van der Waals surface area contributed by atoms with Crippen LogP contribution in [0, 0.1) is 5.82 Å². The summed E-state index contributed by atoms with van der Waals surface area (Å²) in [6, 6.07) is 4.09. The van der Waals surface area contributed by atoms with E-state index in [4.69, 9.17) is 4.74 Å². The van der Waals surface area contributed by atoms with E-state index in [1.165, 1.54) is 26.4 Å². The summed E-state index contributed by atoms with van der Waals surface area (Å²) in [5, 5.41) is 2.42. The largest absolute Gasteiger partial charge is 0.496 e. The molecule has 0 heterocycles. The van der Waals surface area contributed by atoms with Gasteiger partial charge in [0, 0.05) is 6.54 Å². The van der Waals surface area contributed by atoms with Crippen molar-refractivity contribution in [1.29, 1.82) is 0 Å². The summed E-state index contributed by atoms with van der Waals surface area (Å²) in [6.45, 7) is 0.0724. The number of rotatable bonds is 5. The lowest BCUT2D eigenvalue weighted by Gasteiger charge is -2.09. The molecule has 18 heavy (non-hydrogen) atoms. The van der Waals surface area contributed by atoms with Gasteiger partial charge in [0.2, 0.25) is 0 Å². The zero-order valence-electron chi connectivity index (χ0n) is 10.2. The molecule has 5 nitrogen and oxygen atoms in total. The molecule has 0 spiro atoms. The fraction of sp³-hybridized carbons (Fsp3) is 0.333. The van der Waals surface area contributed by atoms with Gasteiger partial charge in [-0.15, -0.1) is 0 Å². The second-order valence-electron chi connectivity index (χ2n) is 3.40. The second-order valence-corrected chi connectivity index (χ2v) is 3.40. The minimum atomic E-state index is -0.676. The number of hydrogen-bond donors (Lipinski definition) is 1. The second kappa shape index (κ2) is 6.58. The molecule has 98 valence electrons. The third-order valence-electron chi connectivity index (χ3n) is 2.26. The number of hydrogen-bond acceptors (Lipinski definition) is 4. The highest BCUT2D eigenvalue weighted by Gasteiger charge is 2.17. The van der Waals surface area contributed by atoms with Gasteiger partial charge in [0.15, 0.2) is 0 Å². The number of carbonyl (C=O) groups excluding carboxylic acids is 2. The number of methoxy groups -OCH3 is 2. The van der Waals surface area contributed by atoms with Gasteiger partial charge in [-0.2, -0.15) is 0 Å². The number of benzene rings is 1. The Hall–Kier alpha value is -2.11. The van der Waals surface area contributed by atoms with Gasteiger partial charge in [-0.3, -0.25) is 9.59 Å². The van der Waals surface area contributed by atoms with Crippen molar-refractivity contribution in [2.45, 2.75) is 6.42 Å². The summed E-state index contributed by atoms with van der Waals surface area (Å²) in [5.41, 5.74) is -0.176. The van der Waals surface area contributed by atoms with E-state index in [1.807, 2.05) is 0 Å². The van der Waals surface area contributed by atoms with Gasteiger partial charge in [-0.05, 0) is 12.1 Å². The maximum Gasteiger partial charge on any atom is 0.307 e. The quantitative estimate of drug-likeness (QED) is 0.801. The van der Waals surface area contributed by atoms with Crippen molar-refractivity contribution in [3.05, 3.63) is 29.6 Å². The molecule has 1 aromatic rings. The summed E-state index contributed by atoms with van der Waals surface area (Å²) in [6.07, 6.45) is 0.0268. The lowest BCUT2D eigenvalue weighted by atomic mass is 10.1. The molecular formula is C12H14FNO4. The normalized spacial score (nSPS) is 9.72. The van der Waals surface area contributed by atoms with E-state index >= 15 is 0 Å². The molecule has 0 aromatic heterocycles. The van der Waals surface area contributed by atoms with Gasteiger partial charge in [0.1, 0.15) is 17.1 Å². The molecular weight excluding hydrogens is 241 g/mol. The molecule has 0 saturated carbocycles. The van der Waals surface area contributed by atoms with E-state index in [-0.39, 0.29) is 24.3 Å². The number of halogens is 1. The smallest absolute Gasteiger partial charge is 0.307 e. The fourth-order valence-electron chi connectivity index (χ4n) is 1.36. The Kier molecular flexibility index (Phi) is 5.10. The van der Waals surface area contributed by atoms with Crippen molar-refractivity contribution in [2.24, 2.45) is 0 Å². The molecule has 0 radical (unpaired) electrons. The third-order valence-corrected chi connectivity index (χ3v) is 2.26. The van der Waals surface area contributed by atoms with E-state index in [2.05, 4.69) is 10.1 Å². The number of amides is 1. The minimum Gasteiger partial charge on any atom is -0.496 e. The lowest BCUT2D eigenvalue weighted by Crippen LogP contribution is -2.27. The van der Waals surface area contributed by atoms with Crippen LogP contribution in [0.15, 0.2) is 18.2 Å². The highest BCUT2D eigenvalue weighted by atomic mass is 19.1. The Morgan fingerprint density at radius 2 is 2.06 bits per heavy atom. The summed E-state index contributed by atoms with van der Waals surface area (Å²) >= 11 is 0. The van der Waals surface area contributed by atoms with Gasteiger partial charge in [0.25, 0.3) is 5.91 Å². The van der Waals surface area contributed by atoms with Crippen LogP contribution >= 0.6 is 0 Å². The maximum absolute atomic E-state index is 13.5. The average molecular weight is 255 g/mol. The SMILES string of the molecule is COC(=O)CCNC(=O)c1c(F)cccc1OC. The number of esters is 1. The Labute approximate surface area is 104 Å². The van der Waals surface area contributed by atoms with Gasteiger partial charge >= 0.3 is 5.97 Å². The Balaban J connectivity index is 2.69. The first-order valence-corrected chi connectivity index (χ1v) is 5.27. The lowest BCUT2D eigenvalue weighted by molar-refractivity contribution is -0.140. The standard InChI is InChI=1S/C12H14FNO4/c1-17-9-5-3-4-8(13)11(9)12(16)14-7-6-10(15)18-2/h3-5H,6-7H2,1-2H3,(H,14,16). The first kappa shape index (κ1) is 14.0. The van der Waals surface area contributed by atoms with Crippen LogP contribution in [0.2, 0.25) is 0 Å². The van der Waals surface area contributed by atoms with E-state index < -0.39 is 17.7 Å². The van der Waals surface area contributed by atoms with E-state index in [9.17, 15) is 14.0 Å². The number of ether oxygens (including phenoxy) is 2. The Morgan fingerprint density at radius 1 is 1.33 bits per heavy atom. The third kappa shape index (κ3) is 3.44. The van der Waals surface area contributed by atoms with Crippen LogP contribution < -0.4 is 10.1 Å². The zero-order chi connectivity index (χ0) is 13.5. The number of carbonyl (C=O) groups is 2. The molecule has 6 heteroatoms. The van der Waals surface area contributed by atoms with Crippen molar-refractivity contribution in [1.82, 2.24) is 5.32 Å². The Bertz CT molecular complexity index is 448. The first-order valence-electron chi connectivity index (χ1n) is 5.27. The van der Waals surface area contributed by atoms with E-state index in [0.29, 0.717) is 0 Å². The summed E-state index contributed by atoms with van der Waals surface area (Å²) in [4.78, 5) is 22.6. The predicted molar refractivity (Wildman–Crippen MR) is 61.9 cm³/mol. The highest BCUT2D eigenvalue weighted by Crippen LogP contribution is 2.20. The van der Waals surface area contributed by atoms with Crippen LogP contribution in [-0.4, -0.2) is 32.6 Å². The zero-order valence-corrected chi connectivity index (χ0v) is 10.2. The van der Waals surface area contributed by atoms with E-state index in [0.717, 1.165) is 6.07 Å². The summed E-state index contributed by atoms with van der Waals surface area (Å²) < 4.78 is 22.8. The molecule has 0 fully saturated rings. The topological polar surface area (TPSA) is 64.6 Å². The monoisotopic (exact) mass is 255 g/mol. The van der Waals surface area contributed by atoms with Crippen molar-refractivity contribution in [3.63, 3.8) is 0 Å². The summed E-state index contributed by atoms with van der Waals surface area (Å²) in [7, 11) is 2.60. The van der Waals surface area contributed by atoms with Crippen molar-refractivity contribution in [3.8, 4) is 5.75 Å². The molecule has 1 N–H and O–H groups in total. The number of nitrogens with one attached hydrogen (secondary N) is 1. The molecule has 1 aromatic carbocycles. The van der Waals surface area contributed by atoms with Crippen molar-refractivity contribution >= 4 is 11.9 Å². The molecule has 1 amide bonds. The molecule has 0 bridgehead atoms. The van der Waals surface area contributed by atoms with Crippen LogP contribution in [0.3, 0.4) is 0 Å². The minimum absolute atomic E-state index is 0.0268. The van der Waals surface area contributed by atoms with Gasteiger partial charge in [-0.1, -0.05) is 6.07 Å². The van der Waals surface area contributed by atoms with E-state index in [1.54, 1.807) is 0 Å². The molecule has 0 aliphatic carbocycles. The molecule has 0 atom stereocenters. The highest BCUT2D eigenvalue weighted by molar-refractivity contribution is 5.97. The van der Waals surface area contributed by atoms with Crippen LogP contribution in [-0.2, 0) is 9.53 Å². The molecule has 0 aliphatic heterocycles. The van der Waals surface area contributed by atoms with Crippen molar-refractivity contribution < 1.29 is 23.5 Å². The van der Waals surface area contributed by atoms with Crippen molar-refractivity contribution in [2.75, 3.05) is 20.8 Å². The van der Waals surface area contributed by atoms with Gasteiger partial charge in [0.05, 0.1) is 20.6 Å². The molecule has 0 saturated heterocycles. The maximum atomic E-state index is 13.5. The molecule has 1 rings (SSSR count). The first-order chi connectivity index (χ1) is 8.60. The molecule has 0 unspecified atom stereocenters. The van der Waals surface area contributed by atoms with Crippen LogP contribution in [0.25, 0.3) is 0 Å². The fourth-order valence-corrected chi connectivity index (χ4v) is 1.36. The van der Waals surface area contributed by atoms with Gasteiger partial charge in [-0.25, -0.2) is 4.39 Å². The predicted octanol–water partition coefficient (Wildman–Crippen LogP) is 1.13. The van der Waals surface area contributed by atoms with Gasteiger partial charge < -0.3 is 14.8 Å². The van der Waals surface area contributed by atoms with Crippen LogP contribution in [0.5, 0.6) is 5.75 Å². The Morgan fingerprint density at radius 3 is 2.67 bits per heavy atom. The van der Waals surface area contributed by atoms with Crippen LogP contribution in [0.4, 0.5) is 4.39 Å². The summed E-state index contributed by atoms with van der Waals surface area (Å²) in [5.74, 6) is -1.61.